The van der Waals surface area contributed by atoms with Crippen molar-refractivity contribution in [3.8, 4) is 5.75 Å². The summed E-state index contributed by atoms with van der Waals surface area (Å²) in [5.74, 6) is 0.905. The SMILES string of the molecule is Cc1c(CCCN)cc(Cl)c2c1CCCO2. The molecular formula is C13H18ClNO. The molecule has 1 aliphatic heterocycles. The van der Waals surface area contributed by atoms with Gasteiger partial charge in [0.25, 0.3) is 0 Å². The fourth-order valence-electron chi connectivity index (χ4n) is 2.27. The summed E-state index contributed by atoms with van der Waals surface area (Å²) in [6.07, 6.45) is 4.19. The fraction of sp³-hybridized carbons (Fsp3) is 0.538. The molecule has 0 atom stereocenters. The van der Waals surface area contributed by atoms with Crippen LogP contribution >= 0.6 is 11.6 Å². The van der Waals surface area contributed by atoms with Gasteiger partial charge in [-0.2, -0.15) is 0 Å². The number of hydrogen-bond donors (Lipinski definition) is 1. The van der Waals surface area contributed by atoms with Gasteiger partial charge in [0.05, 0.1) is 11.6 Å². The zero-order chi connectivity index (χ0) is 11.5. The third-order valence-corrected chi connectivity index (χ3v) is 3.47. The van der Waals surface area contributed by atoms with Crippen LogP contribution in [0.25, 0.3) is 0 Å². The van der Waals surface area contributed by atoms with Gasteiger partial charge in [-0.1, -0.05) is 11.6 Å². The minimum atomic E-state index is 0.727. The molecule has 2 rings (SSSR count). The number of fused-ring (bicyclic) bond motifs is 1. The van der Waals surface area contributed by atoms with Crippen molar-refractivity contribution in [2.24, 2.45) is 5.73 Å². The van der Waals surface area contributed by atoms with Crippen molar-refractivity contribution in [3.05, 3.63) is 27.8 Å². The van der Waals surface area contributed by atoms with E-state index in [1.807, 2.05) is 6.07 Å². The van der Waals surface area contributed by atoms with Crippen LogP contribution in [0.1, 0.15) is 29.5 Å². The van der Waals surface area contributed by atoms with Crippen LogP contribution < -0.4 is 10.5 Å². The summed E-state index contributed by atoms with van der Waals surface area (Å²) >= 11 is 6.24. The van der Waals surface area contributed by atoms with Crippen molar-refractivity contribution in [2.75, 3.05) is 13.2 Å². The Morgan fingerprint density at radius 3 is 3.06 bits per heavy atom. The fourth-order valence-corrected chi connectivity index (χ4v) is 2.57. The van der Waals surface area contributed by atoms with Crippen molar-refractivity contribution in [1.29, 1.82) is 0 Å². The van der Waals surface area contributed by atoms with Crippen LogP contribution in [0.2, 0.25) is 5.02 Å². The number of aryl methyl sites for hydroxylation is 1. The molecule has 1 aliphatic rings. The Bertz CT molecular complexity index is 390. The Morgan fingerprint density at radius 1 is 1.50 bits per heavy atom. The average molecular weight is 240 g/mol. The lowest BCUT2D eigenvalue weighted by atomic mass is 9.94. The molecule has 0 fully saturated rings. The zero-order valence-electron chi connectivity index (χ0n) is 9.68. The summed E-state index contributed by atoms with van der Waals surface area (Å²) < 4.78 is 5.64. The molecule has 2 nitrogen and oxygen atoms in total. The maximum atomic E-state index is 6.24. The molecule has 88 valence electrons. The smallest absolute Gasteiger partial charge is 0.141 e. The molecule has 3 heteroatoms. The first-order valence-corrected chi connectivity index (χ1v) is 6.25. The second kappa shape index (κ2) is 5.07. The lowest BCUT2D eigenvalue weighted by Gasteiger charge is -2.22. The van der Waals surface area contributed by atoms with Gasteiger partial charge in [-0.3, -0.25) is 0 Å². The van der Waals surface area contributed by atoms with E-state index in [2.05, 4.69) is 6.92 Å². The molecule has 0 amide bonds. The maximum Gasteiger partial charge on any atom is 0.141 e. The molecule has 0 saturated heterocycles. The van der Waals surface area contributed by atoms with Crippen molar-refractivity contribution in [3.63, 3.8) is 0 Å². The van der Waals surface area contributed by atoms with Gasteiger partial charge in [0.1, 0.15) is 5.75 Å². The van der Waals surface area contributed by atoms with Gasteiger partial charge in [0, 0.05) is 0 Å². The molecule has 0 radical (unpaired) electrons. The van der Waals surface area contributed by atoms with Crippen LogP contribution in [-0.4, -0.2) is 13.2 Å². The van der Waals surface area contributed by atoms with Crippen LogP contribution in [-0.2, 0) is 12.8 Å². The molecular weight excluding hydrogens is 222 g/mol. The summed E-state index contributed by atoms with van der Waals surface area (Å²) in [6, 6.07) is 2.04. The molecule has 16 heavy (non-hydrogen) atoms. The quantitative estimate of drug-likeness (QED) is 0.881. The first-order chi connectivity index (χ1) is 7.74. The average Bonchev–Trinajstić information content (AvgIpc) is 2.32. The Kier molecular flexibility index (Phi) is 3.72. The Morgan fingerprint density at radius 2 is 2.31 bits per heavy atom. The minimum Gasteiger partial charge on any atom is -0.492 e. The maximum absolute atomic E-state index is 6.24. The third-order valence-electron chi connectivity index (χ3n) is 3.19. The van der Waals surface area contributed by atoms with Gasteiger partial charge in [0.2, 0.25) is 0 Å². The zero-order valence-corrected chi connectivity index (χ0v) is 10.4. The van der Waals surface area contributed by atoms with Crippen molar-refractivity contribution >= 4 is 11.6 Å². The summed E-state index contributed by atoms with van der Waals surface area (Å²) in [6.45, 7) is 3.68. The Labute approximate surface area is 102 Å². The van der Waals surface area contributed by atoms with Crippen LogP contribution in [0.3, 0.4) is 0 Å². The lowest BCUT2D eigenvalue weighted by Crippen LogP contribution is -2.12. The van der Waals surface area contributed by atoms with E-state index in [0.29, 0.717) is 0 Å². The molecule has 0 aromatic heterocycles. The number of nitrogens with two attached hydrogens (primary N) is 1. The monoisotopic (exact) mass is 239 g/mol. The van der Waals surface area contributed by atoms with E-state index in [1.54, 1.807) is 0 Å². The van der Waals surface area contributed by atoms with E-state index in [9.17, 15) is 0 Å². The predicted octanol–water partition coefficient (Wildman–Crippen LogP) is 2.86. The number of hydrogen-bond acceptors (Lipinski definition) is 2. The second-order valence-electron chi connectivity index (χ2n) is 4.29. The molecule has 0 spiro atoms. The Balaban J connectivity index is 2.37. The van der Waals surface area contributed by atoms with Crippen LogP contribution in [0.4, 0.5) is 0 Å². The highest BCUT2D eigenvalue weighted by atomic mass is 35.5. The molecule has 0 unspecified atom stereocenters. The Hall–Kier alpha value is -0.730. The van der Waals surface area contributed by atoms with E-state index in [1.165, 1.54) is 16.7 Å². The standard InChI is InChI=1S/C13H18ClNO/c1-9-10(4-2-6-15)8-12(14)13-11(9)5-3-7-16-13/h8H,2-7,15H2,1H3. The molecule has 1 aromatic carbocycles. The minimum absolute atomic E-state index is 0.727. The molecule has 0 saturated carbocycles. The van der Waals surface area contributed by atoms with Crippen molar-refractivity contribution < 1.29 is 4.74 Å². The highest BCUT2D eigenvalue weighted by Crippen LogP contribution is 2.37. The van der Waals surface area contributed by atoms with Crippen LogP contribution in [0.15, 0.2) is 6.07 Å². The van der Waals surface area contributed by atoms with Gasteiger partial charge in [-0.05, 0) is 61.9 Å². The number of ether oxygens (including phenoxy) is 1. The van der Waals surface area contributed by atoms with Crippen LogP contribution in [0.5, 0.6) is 5.75 Å². The van der Waals surface area contributed by atoms with E-state index in [4.69, 9.17) is 22.1 Å². The molecule has 1 heterocycles. The third kappa shape index (κ3) is 2.18. The normalized spacial score (nSPS) is 14.4. The van der Waals surface area contributed by atoms with Crippen molar-refractivity contribution in [2.45, 2.75) is 32.6 Å². The summed E-state index contributed by atoms with van der Waals surface area (Å²) in [7, 11) is 0. The van der Waals surface area contributed by atoms with E-state index < -0.39 is 0 Å². The van der Waals surface area contributed by atoms with Crippen molar-refractivity contribution in [1.82, 2.24) is 0 Å². The van der Waals surface area contributed by atoms with E-state index in [-0.39, 0.29) is 0 Å². The lowest BCUT2D eigenvalue weighted by molar-refractivity contribution is 0.288. The topological polar surface area (TPSA) is 35.2 Å². The molecule has 1 aromatic rings. The van der Waals surface area contributed by atoms with Gasteiger partial charge in [0.15, 0.2) is 0 Å². The summed E-state index contributed by atoms with van der Waals surface area (Å²) in [4.78, 5) is 0. The van der Waals surface area contributed by atoms with E-state index >= 15 is 0 Å². The van der Waals surface area contributed by atoms with Gasteiger partial charge in [-0.15, -0.1) is 0 Å². The second-order valence-corrected chi connectivity index (χ2v) is 4.70. The molecule has 0 aliphatic carbocycles. The van der Waals surface area contributed by atoms with Gasteiger partial charge < -0.3 is 10.5 Å². The first-order valence-electron chi connectivity index (χ1n) is 5.87. The number of rotatable bonds is 3. The predicted molar refractivity (Wildman–Crippen MR) is 67.4 cm³/mol. The highest BCUT2D eigenvalue weighted by Gasteiger charge is 2.18. The number of halogens is 1. The van der Waals surface area contributed by atoms with Gasteiger partial charge >= 0.3 is 0 Å². The van der Waals surface area contributed by atoms with Crippen LogP contribution in [0, 0.1) is 6.92 Å². The number of benzene rings is 1. The first kappa shape index (κ1) is 11.7. The molecule has 0 bridgehead atoms. The summed E-state index contributed by atoms with van der Waals surface area (Å²) in [5, 5.41) is 0.757. The van der Waals surface area contributed by atoms with Gasteiger partial charge in [-0.25, -0.2) is 0 Å². The largest absolute Gasteiger partial charge is 0.492 e. The van der Waals surface area contributed by atoms with E-state index in [0.717, 1.165) is 49.6 Å². The summed E-state index contributed by atoms with van der Waals surface area (Å²) in [5.41, 5.74) is 9.50. The highest BCUT2D eigenvalue weighted by molar-refractivity contribution is 6.32. The molecule has 2 N–H and O–H groups in total.